The zero-order valence-electron chi connectivity index (χ0n) is 12.0. The van der Waals surface area contributed by atoms with Crippen LogP contribution in [0.2, 0.25) is 0 Å². The van der Waals surface area contributed by atoms with Gasteiger partial charge in [-0.2, -0.15) is 10.0 Å². The van der Waals surface area contributed by atoms with Gasteiger partial charge in [0.05, 0.1) is 5.75 Å². The molecule has 2 rings (SSSR count). The Morgan fingerprint density at radius 2 is 1.35 bits per heavy atom. The fraction of sp³-hybridized carbons (Fsp3) is 0.500. The molecule has 0 bridgehead atoms. The van der Waals surface area contributed by atoms with Crippen molar-refractivity contribution >= 4 is 162 Å². The molecular weight excluding hydrogens is 815 g/mol. The third kappa shape index (κ3) is 4.17. The minimum atomic E-state index is -2.84. The minimum Gasteiger partial charge on any atom is -0.610 e. The first kappa shape index (κ1) is 25.9. The predicted octanol–water partition coefficient (Wildman–Crippen LogP) is 8.34. The lowest BCUT2D eigenvalue weighted by Gasteiger charge is -2.61. The van der Waals surface area contributed by atoms with E-state index in [1.807, 2.05) is 6.07 Å². The molecule has 1 aliphatic rings. The Kier molecular flexibility index (Phi) is 8.86. The molecule has 26 heavy (non-hydrogen) atoms. The molecule has 1 aliphatic carbocycles. The Labute approximate surface area is 227 Å². The molecular formula is C12H6AlBr5Cl6O2. The number of hydrogen-bond donors (Lipinski definition) is 0. The van der Waals surface area contributed by atoms with Crippen LogP contribution in [0.15, 0.2) is 30.3 Å². The lowest BCUT2D eigenvalue weighted by Crippen LogP contribution is -2.76. The Morgan fingerprint density at radius 3 is 1.85 bits per heavy atom. The minimum absolute atomic E-state index is 0.533. The number of rotatable bonds is 4. The summed E-state index contributed by atoms with van der Waals surface area (Å²) in [7, 11) is 6.35. The monoisotopic (exact) mass is 813 g/mol. The summed E-state index contributed by atoms with van der Waals surface area (Å²) in [5.74, 6) is 0.533. The summed E-state index contributed by atoms with van der Waals surface area (Å²) < 4.78 is 3.69. The van der Waals surface area contributed by atoms with Crippen LogP contribution in [0.1, 0.15) is 0 Å². The quantitative estimate of drug-likeness (QED) is 0.225. The normalized spacial score (nSPS) is 46.0. The third-order valence-corrected chi connectivity index (χ3v) is 18.8. The average Bonchev–Trinajstić information content (AvgIpc) is 2.53. The van der Waals surface area contributed by atoms with Crippen LogP contribution in [0.5, 0.6) is 5.75 Å². The molecule has 6 unspecified atom stereocenters. The van der Waals surface area contributed by atoms with E-state index in [1.54, 1.807) is 24.3 Å². The number of benzene rings is 1. The summed E-state index contributed by atoms with van der Waals surface area (Å²) in [6.45, 7) is 0. The van der Waals surface area contributed by atoms with Crippen molar-refractivity contribution in [1.82, 2.24) is 0 Å². The number of alkyl halides is 10. The van der Waals surface area contributed by atoms with E-state index in [-0.39, 0.29) is 0 Å². The fourth-order valence-electron chi connectivity index (χ4n) is 2.07. The number of para-hydroxylation sites is 1. The second-order valence-electron chi connectivity index (χ2n) is 5.18. The smallest absolute Gasteiger partial charge is 0.610 e. The van der Waals surface area contributed by atoms with Crippen molar-refractivity contribution in [2.45, 2.75) is 25.0 Å². The number of halogens is 11. The Morgan fingerprint density at radius 1 is 0.846 bits per heavy atom. The molecule has 0 aromatic heterocycles. The van der Waals surface area contributed by atoms with E-state index in [0.717, 1.165) is 0 Å². The van der Waals surface area contributed by atoms with Crippen LogP contribution in [-0.4, -0.2) is 38.9 Å². The Balaban J connectivity index is 2.41. The number of hydrogen-bond acceptors (Lipinski definition) is 2. The van der Waals surface area contributed by atoms with Crippen molar-refractivity contribution in [2.75, 3.05) is 0 Å². The Bertz CT molecular complexity index is 667. The SMILES string of the molecule is ClC1C(Cl)(Br)C(Cl)(Br)C(Cl)(Br)C(Cl)(Br)C1(Br)[O][Al]([Cl])[O]c1ccccc1. The average molecular weight is 821 g/mol. The summed E-state index contributed by atoms with van der Waals surface area (Å²) in [4.78, 5) is 0. The molecule has 1 aromatic carbocycles. The molecule has 0 amide bonds. The van der Waals surface area contributed by atoms with Gasteiger partial charge < -0.3 is 7.58 Å². The van der Waals surface area contributed by atoms with E-state index in [9.17, 15) is 0 Å². The van der Waals surface area contributed by atoms with Crippen molar-refractivity contribution in [3.63, 3.8) is 0 Å². The second-order valence-corrected chi connectivity index (χ2v) is 17.8. The summed E-state index contributed by atoms with van der Waals surface area (Å²) in [6.07, 6.45) is 0. The summed E-state index contributed by atoms with van der Waals surface area (Å²) in [5.41, 5.74) is 0. The zero-order chi connectivity index (χ0) is 20.2. The molecule has 6 atom stereocenters. The first-order chi connectivity index (χ1) is 11.6. The van der Waals surface area contributed by atoms with Crippen LogP contribution in [0.4, 0.5) is 0 Å². The van der Waals surface area contributed by atoms with Gasteiger partial charge in [-0.05, 0) is 12.1 Å². The lowest BCUT2D eigenvalue weighted by molar-refractivity contribution is 0.106. The van der Waals surface area contributed by atoms with Gasteiger partial charge >= 0.3 is 13.9 Å². The van der Waals surface area contributed by atoms with Gasteiger partial charge in [0.2, 0.25) is 0 Å². The molecule has 0 heterocycles. The van der Waals surface area contributed by atoms with Crippen LogP contribution in [0, 0.1) is 0 Å². The molecule has 0 spiro atoms. The lowest BCUT2D eigenvalue weighted by atomic mass is 9.94. The van der Waals surface area contributed by atoms with Gasteiger partial charge in [-0.3, -0.25) is 0 Å². The van der Waals surface area contributed by atoms with Crippen molar-refractivity contribution in [3.8, 4) is 5.75 Å². The molecule has 0 aliphatic heterocycles. The molecule has 1 saturated carbocycles. The van der Waals surface area contributed by atoms with Crippen LogP contribution in [-0.2, 0) is 3.79 Å². The van der Waals surface area contributed by atoms with Gasteiger partial charge in [-0.1, -0.05) is 109 Å². The topological polar surface area (TPSA) is 18.5 Å². The molecule has 1 aromatic rings. The maximum absolute atomic E-state index is 6.72. The van der Waals surface area contributed by atoms with Gasteiger partial charge in [-0.25, -0.2) is 0 Å². The van der Waals surface area contributed by atoms with Crippen LogP contribution >= 0.6 is 148 Å². The first-order valence-electron chi connectivity index (χ1n) is 6.50. The highest BCUT2D eigenvalue weighted by molar-refractivity contribution is 9.16. The molecule has 2 nitrogen and oxygen atoms in total. The fourth-order valence-corrected chi connectivity index (χ4v) is 11.8. The van der Waals surface area contributed by atoms with Crippen molar-refractivity contribution < 1.29 is 7.58 Å². The van der Waals surface area contributed by atoms with E-state index in [1.165, 1.54) is 0 Å². The standard InChI is InChI=1S/C6HBr5Cl5O.C6H6O.Al.ClH/c7-2(13)1(12)3(8,17)5(10,15)6(11,16)4(2,9)14;7-6-4-2-1-3-5-6;;/h1H;1-5,7H;;1H/q-1;;+3;/p-2. The molecule has 0 N–H and O–H groups in total. The van der Waals surface area contributed by atoms with Crippen molar-refractivity contribution in [2.24, 2.45) is 0 Å². The van der Waals surface area contributed by atoms with E-state index >= 15 is 0 Å². The summed E-state index contributed by atoms with van der Waals surface area (Å²) in [5, 5.41) is -1.08. The highest BCUT2D eigenvalue weighted by Gasteiger charge is 2.82. The highest BCUT2D eigenvalue weighted by atomic mass is 79.9. The highest BCUT2D eigenvalue weighted by Crippen LogP contribution is 2.75. The largest absolute Gasteiger partial charge is 0.906 e. The maximum atomic E-state index is 6.72. The van der Waals surface area contributed by atoms with Crippen LogP contribution in [0.25, 0.3) is 0 Å². The zero-order valence-corrected chi connectivity index (χ0v) is 25.6. The molecule has 14 heteroatoms. The van der Waals surface area contributed by atoms with Crippen LogP contribution < -0.4 is 3.79 Å². The Hall–Kier alpha value is 3.65. The van der Waals surface area contributed by atoms with Crippen molar-refractivity contribution in [3.05, 3.63) is 30.3 Å². The first-order valence-corrected chi connectivity index (χ1v) is 15.1. The summed E-state index contributed by atoms with van der Waals surface area (Å²) in [6, 6.07) is 8.93. The van der Waals surface area contributed by atoms with E-state index in [2.05, 4.69) is 79.6 Å². The van der Waals surface area contributed by atoms with Crippen LogP contribution in [0.3, 0.4) is 0 Å². The van der Waals surface area contributed by atoms with Gasteiger partial charge in [-0.15, -0.1) is 46.4 Å². The summed E-state index contributed by atoms with van der Waals surface area (Å²) >= 11 is 47.0. The van der Waals surface area contributed by atoms with Crippen molar-refractivity contribution in [1.29, 1.82) is 0 Å². The third-order valence-electron chi connectivity index (χ3n) is 3.52. The van der Waals surface area contributed by atoms with E-state index in [4.69, 9.17) is 75.6 Å². The van der Waals surface area contributed by atoms with Gasteiger partial charge in [0.15, 0.2) is 15.1 Å². The maximum Gasteiger partial charge on any atom is 0.906 e. The van der Waals surface area contributed by atoms with E-state index < -0.39 is 38.9 Å². The van der Waals surface area contributed by atoms with E-state index in [0.29, 0.717) is 5.75 Å². The molecule has 0 saturated heterocycles. The van der Waals surface area contributed by atoms with Gasteiger partial charge in [0.1, 0.15) is 9.89 Å². The predicted molar refractivity (Wildman–Crippen MR) is 131 cm³/mol. The van der Waals surface area contributed by atoms with Gasteiger partial charge in [0.25, 0.3) is 0 Å². The molecule has 0 radical (unpaired) electrons. The molecule has 146 valence electrons. The second kappa shape index (κ2) is 8.89. The van der Waals surface area contributed by atoms with Gasteiger partial charge in [0, 0.05) is 0 Å². The molecule has 1 fully saturated rings.